The van der Waals surface area contributed by atoms with E-state index >= 15 is 0 Å². The van der Waals surface area contributed by atoms with Gasteiger partial charge in [0.1, 0.15) is 5.60 Å². The van der Waals surface area contributed by atoms with Gasteiger partial charge in [-0.3, -0.25) is 0 Å². The van der Waals surface area contributed by atoms with Crippen LogP contribution in [0.2, 0.25) is 0 Å². The molecule has 0 rings (SSSR count). The molecule has 0 aromatic rings. The van der Waals surface area contributed by atoms with Crippen LogP contribution in [-0.2, 0) is 23.8 Å². The molecule has 0 aromatic heterocycles. The van der Waals surface area contributed by atoms with Crippen LogP contribution in [-0.4, -0.2) is 55.1 Å². The molecular weight excluding hydrogens is 258 g/mol. The van der Waals surface area contributed by atoms with Gasteiger partial charge < -0.3 is 24.6 Å². The monoisotopic (exact) mass is 277 g/mol. The molecule has 110 valence electrons. The van der Waals surface area contributed by atoms with Crippen LogP contribution in [0.3, 0.4) is 0 Å². The number of aliphatic hydroxyl groups excluding tert-OH is 1. The van der Waals surface area contributed by atoms with Gasteiger partial charge in [-0.1, -0.05) is 0 Å². The molecule has 0 saturated carbocycles. The van der Waals surface area contributed by atoms with Crippen molar-refractivity contribution in [2.24, 2.45) is 0 Å². The summed E-state index contributed by atoms with van der Waals surface area (Å²) in [5.74, 6) is -2.07. The highest BCUT2D eigenvalue weighted by molar-refractivity contribution is 5.89. The fourth-order valence-electron chi connectivity index (χ4n) is 1.09. The summed E-state index contributed by atoms with van der Waals surface area (Å²) in [7, 11) is 2.09. The van der Waals surface area contributed by atoms with E-state index in [-0.39, 0.29) is 0 Å². The highest BCUT2D eigenvalue weighted by atomic mass is 16.6. The molecule has 8 heteroatoms. The van der Waals surface area contributed by atoms with Crippen molar-refractivity contribution in [1.29, 1.82) is 0 Å². The number of amides is 1. The molecule has 8 nitrogen and oxygen atoms in total. The average Bonchev–Trinajstić information content (AvgIpc) is 2.30. The fourth-order valence-corrected chi connectivity index (χ4v) is 1.09. The van der Waals surface area contributed by atoms with E-state index in [4.69, 9.17) is 4.74 Å². The normalized spacial score (nSPS) is 14.0. The number of ether oxygens (including phenoxy) is 3. The Kier molecular flexibility index (Phi) is 6.26. The zero-order valence-electron chi connectivity index (χ0n) is 11.6. The molecule has 0 spiro atoms. The van der Waals surface area contributed by atoms with Gasteiger partial charge in [-0.25, -0.2) is 14.4 Å². The summed E-state index contributed by atoms with van der Waals surface area (Å²) >= 11 is 0. The molecule has 0 heterocycles. The Morgan fingerprint density at radius 1 is 1.05 bits per heavy atom. The molecule has 0 aliphatic carbocycles. The Bertz CT molecular complexity index is 347. The number of rotatable bonds is 4. The molecule has 0 fully saturated rings. The first-order valence-corrected chi connectivity index (χ1v) is 5.45. The standard InChI is InChI=1S/C11H19NO7/c1-11(2,3)19-10(16)12-6(8(14)17-4)7(13)9(15)18-5/h6-7,13H,1-5H3,(H,12,16)/t6-,7-/m0/s1. The van der Waals surface area contributed by atoms with Crippen molar-refractivity contribution in [1.82, 2.24) is 5.32 Å². The molecule has 0 radical (unpaired) electrons. The lowest BCUT2D eigenvalue weighted by Crippen LogP contribution is -2.53. The minimum Gasteiger partial charge on any atom is -0.467 e. The summed E-state index contributed by atoms with van der Waals surface area (Å²) in [5.41, 5.74) is -0.791. The third-order valence-electron chi connectivity index (χ3n) is 1.89. The van der Waals surface area contributed by atoms with Gasteiger partial charge in [0.2, 0.25) is 0 Å². The molecule has 0 aliphatic rings. The van der Waals surface area contributed by atoms with Gasteiger partial charge in [-0.15, -0.1) is 0 Å². The van der Waals surface area contributed by atoms with E-state index in [9.17, 15) is 19.5 Å². The maximum absolute atomic E-state index is 11.5. The second-order valence-electron chi connectivity index (χ2n) is 4.62. The van der Waals surface area contributed by atoms with Crippen LogP contribution in [0.5, 0.6) is 0 Å². The molecule has 2 atom stereocenters. The Morgan fingerprint density at radius 2 is 1.53 bits per heavy atom. The third kappa shape index (κ3) is 6.05. The quantitative estimate of drug-likeness (QED) is 0.530. The number of esters is 2. The Hall–Kier alpha value is -1.83. The average molecular weight is 277 g/mol. The second kappa shape index (κ2) is 6.93. The lowest BCUT2D eigenvalue weighted by molar-refractivity contribution is -0.159. The van der Waals surface area contributed by atoms with Gasteiger partial charge in [-0.05, 0) is 20.8 Å². The van der Waals surface area contributed by atoms with E-state index in [1.807, 2.05) is 0 Å². The molecule has 2 N–H and O–H groups in total. The number of carbonyl (C=O) groups is 3. The molecule has 0 aliphatic heterocycles. The van der Waals surface area contributed by atoms with Crippen LogP contribution < -0.4 is 5.32 Å². The van der Waals surface area contributed by atoms with Crippen molar-refractivity contribution in [2.45, 2.75) is 38.5 Å². The third-order valence-corrected chi connectivity index (χ3v) is 1.89. The van der Waals surface area contributed by atoms with Crippen molar-refractivity contribution in [3.8, 4) is 0 Å². The number of methoxy groups -OCH3 is 2. The predicted octanol–water partition coefficient (Wildman–Crippen LogP) is -0.413. The van der Waals surface area contributed by atoms with Gasteiger partial charge >= 0.3 is 18.0 Å². The zero-order valence-corrected chi connectivity index (χ0v) is 11.6. The van der Waals surface area contributed by atoms with Crippen molar-refractivity contribution in [2.75, 3.05) is 14.2 Å². The minimum atomic E-state index is -1.88. The van der Waals surface area contributed by atoms with E-state index in [2.05, 4.69) is 14.8 Å². The van der Waals surface area contributed by atoms with Crippen LogP contribution >= 0.6 is 0 Å². The topological polar surface area (TPSA) is 111 Å². The fraction of sp³-hybridized carbons (Fsp3) is 0.727. The first-order valence-electron chi connectivity index (χ1n) is 5.45. The van der Waals surface area contributed by atoms with Gasteiger partial charge in [0, 0.05) is 0 Å². The maximum Gasteiger partial charge on any atom is 0.408 e. The summed E-state index contributed by atoms with van der Waals surface area (Å²) in [4.78, 5) is 34.1. The number of hydrogen-bond acceptors (Lipinski definition) is 7. The Balaban J connectivity index is 4.84. The summed E-state index contributed by atoms with van der Waals surface area (Å²) < 4.78 is 13.6. The summed E-state index contributed by atoms with van der Waals surface area (Å²) in [6.45, 7) is 4.86. The summed E-state index contributed by atoms with van der Waals surface area (Å²) in [6.07, 6.45) is -2.85. The van der Waals surface area contributed by atoms with Gasteiger partial charge in [0.25, 0.3) is 0 Å². The van der Waals surface area contributed by atoms with E-state index in [0.717, 1.165) is 14.2 Å². The second-order valence-corrected chi connectivity index (χ2v) is 4.62. The van der Waals surface area contributed by atoms with Gasteiger partial charge in [-0.2, -0.15) is 0 Å². The number of hydrogen-bond donors (Lipinski definition) is 2. The first-order chi connectivity index (χ1) is 8.62. The highest BCUT2D eigenvalue weighted by Gasteiger charge is 2.36. The van der Waals surface area contributed by atoms with Crippen LogP contribution in [0, 0.1) is 0 Å². The van der Waals surface area contributed by atoms with Crippen LogP contribution in [0.1, 0.15) is 20.8 Å². The van der Waals surface area contributed by atoms with Crippen LogP contribution in [0.4, 0.5) is 4.79 Å². The van der Waals surface area contributed by atoms with Gasteiger partial charge in [0.15, 0.2) is 12.1 Å². The molecule has 0 bridgehead atoms. The molecule has 0 unspecified atom stereocenters. The number of nitrogens with one attached hydrogen (secondary N) is 1. The molecule has 19 heavy (non-hydrogen) atoms. The SMILES string of the molecule is COC(=O)[C@@H](O)[C@H](NC(=O)OC(C)(C)C)C(=O)OC. The Morgan fingerprint density at radius 3 is 1.89 bits per heavy atom. The maximum atomic E-state index is 11.5. The molecule has 1 amide bonds. The summed E-state index contributed by atoms with van der Waals surface area (Å²) in [6, 6.07) is -1.60. The van der Waals surface area contributed by atoms with Crippen molar-refractivity contribution in [3.63, 3.8) is 0 Å². The van der Waals surface area contributed by atoms with Crippen LogP contribution in [0.25, 0.3) is 0 Å². The molecule has 0 aromatic carbocycles. The minimum absolute atomic E-state index is 0.791. The molecular formula is C11H19NO7. The largest absolute Gasteiger partial charge is 0.467 e. The van der Waals surface area contributed by atoms with E-state index in [1.54, 1.807) is 20.8 Å². The summed E-state index contributed by atoms with van der Waals surface area (Å²) in [5, 5.41) is 11.6. The van der Waals surface area contributed by atoms with Crippen LogP contribution in [0.15, 0.2) is 0 Å². The first kappa shape index (κ1) is 17.2. The zero-order chi connectivity index (χ0) is 15.2. The van der Waals surface area contributed by atoms with E-state index < -0.39 is 35.8 Å². The van der Waals surface area contributed by atoms with Gasteiger partial charge in [0.05, 0.1) is 14.2 Å². The highest BCUT2D eigenvalue weighted by Crippen LogP contribution is 2.08. The molecule has 0 saturated heterocycles. The smallest absolute Gasteiger partial charge is 0.408 e. The lowest BCUT2D eigenvalue weighted by atomic mass is 10.1. The number of carbonyl (C=O) groups excluding carboxylic acids is 3. The van der Waals surface area contributed by atoms with Crippen molar-refractivity contribution < 1.29 is 33.7 Å². The number of alkyl carbamates (subject to hydrolysis) is 1. The van der Waals surface area contributed by atoms with Crippen molar-refractivity contribution in [3.05, 3.63) is 0 Å². The predicted molar refractivity (Wildman–Crippen MR) is 63.2 cm³/mol. The van der Waals surface area contributed by atoms with E-state index in [1.165, 1.54) is 0 Å². The van der Waals surface area contributed by atoms with E-state index in [0.29, 0.717) is 0 Å². The Labute approximate surface area is 111 Å². The van der Waals surface area contributed by atoms with Crippen molar-refractivity contribution >= 4 is 18.0 Å². The number of aliphatic hydroxyl groups is 1. The lowest BCUT2D eigenvalue weighted by Gasteiger charge is -2.24.